The quantitative estimate of drug-likeness (QED) is 0.557. The van der Waals surface area contributed by atoms with Crippen LogP contribution in [-0.4, -0.2) is 37.9 Å². The molecule has 1 N–H and O–H groups in total. The minimum Gasteiger partial charge on any atom is -0.463 e. The van der Waals surface area contributed by atoms with Gasteiger partial charge in [0.1, 0.15) is 6.61 Å². The van der Waals surface area contributed by atoms with Gasteiger partial charge in [0.2, 0.25) is 0 Å². The monoisotopic (exact) mass is 255 g/mol. The van der Waals surface area contributed by atoms with Crippen LogP contribution in [0.4, 0.5) is 0 Å². The Morgan fingerprint density at radius 1 is 1.17 bits per heavy atom. The molecule has 0 aromatic carbocycles. The molecule has 0 aromatic rings. The minimum atomic E-state index is -0.0543. The highest BCUT2D eigenvalue weighted by molar-refractivity contribution is 5.69. The summed E-state index contributed by atoms with van der Waals surface area (Å²) in [4.78, 5) is 11.7. The van der Waals surface area contributed by atoms with Gasteiger partial charge in [-0.05, 0) is 38.0 Å². The van der Waals surface area contributed by atoms with Gasteiger partial charge in [0.25, 0.3) is 0 Å². The van der Waals surface area contributed by atoms with E-state index in [-0.39, 0.29) is 5.97 Å². The Morgan fingerprint density at radius 3 is 2.56 bits per heavy atom. The molecular formula is C14H25NO3. The summed E-state index contributed by atoms with van der Waals surface area (Å²) in [7, 11) is 0. The first-order valence-electron chi connectivity index (χ1n) is 7.27. The van der Waals surface area contributed by atoms with Gasteiger partial charge in [0, 0.05) is 25.1 Å². The molecule has 104 valence electrons. The number of rotatable bonds is 7. The fraction of sp³-hybridized carbons (Fsp3) is 0.929. The molecule has 0 spiro atoms. The standard InChI is InChI=1S/C14H25NO3/c1-2-5-17-6-7-18-14(16)10-11-8-12-3-4-13(9-11)15-12/h11-13,15H,2-10H2,1H3. The molecule has 0 amide bonds. The van der Waals surface area contributed by atoms with Crippen molar-refractivity contribution >= 4 is 5.97 Å². The largest absolute Gasteiger partial charge is 0.463 e. The van der Waals surface area contributed by atoms with Crippen molar-refractivity contribution in [1.82, 2.24) is 5.32 Å². The molecule has 2 saturated heterocycles. The molecule has 0 radical (unpaired) electrons. The van der Waals surface area contributed by atoms with E-state index in [1.807, 2.05) is 0 Å². The molecule has 18 heavy (non-hydrogen) atoms. The number of esters is 1. The molecule has 2 atom stereocenters. The zero-order valence-corrected chi connectivity index (χ0v) is 11.3. The van der Waals surface area contributed by atoms with Crippen LogP contribution in [-0.2, 0) is 14.3 Å². The third-order valence-electron chi connectivity index (χ3n) is 3.87. The fourth-order valence-corrected chi connectivity index (χ4v) is 3.10. The lowest BCUT2D eigenvalue weighted by molar-refractivity contribution is -0.146. The Morgan fingerprint density at radius 2 is 1.89 bits per heavy atom. The SMILES string of the molecule is CCCOCCOC(=O)CC1CC2CCC(C1)N2. The van der Waals surface area contributed by atoms with Crippen LogP contribution in [0.5, 0.6) is 0 Å². The van der Waals surface area contributed by atoms with Crippen molar-refractivity contribution in [1.29, 1.82) is 0 Å². The summed E-state index contributed by atoms with van der Waals surface area (Å²) in [5.41, 5.74) is 0. The van der Waals surface area contributed by atoms with E-state index < -0.39 is 0 Å². The van der Waals surface area contributed by atoms with Gasteiger partial charge in [-0.15, -0.1) is 0 Å². The number of carbonyl (C=O) groups excluding carboxylic acids is 1. The number of carbonyl (C=O) groups is 1. The number of piperidine rings is 1. The van der Waals surface area contributed by atoms with Crippen LogP contribution in [0.3, 0.4) is 0 Å². The molecule has 2 aliphatic heterocycles. The van der Waals surface area contributed by atoms with E-state index in [1.165, 1.54) is 12.8 Å². The maximum absolute atomic E-state index is 11.7. The molecule has 4 heteroatoms. The van der Waals surface area contributed by atoms with Gasteiger partial charge in [-0.25, -0.2) is 0 Å². The van der Waals surface area contributed by atoms with E-state index in [4.69, 9.17) is 9.47 Å². The smallest absolute Gasteiger partial charge is 0.306 e. The van der Waals surface area contributed by atoms with Crippen molar-refractivity contribution < 1.29 is 14.3 Å². The normalized spacial score (nSPS) is 30.4. The Kier molecular flexibility index (Phi) is 5.45. The number of hydrogen-bond donors (Lipinski definition) is 1. The number of fused-ring (bicyclic) bond motifs is 2. The van der Waals surface area contributed by atoms with E-state index >= 15 is 0 Å². The van der Waals surface area contributed by atoms with E-state index in [9.17, 15) is 4.79 Å². The predicted octanol–water partition coefficient (Wildman–Crippen LogP) is 1.88. The van der Waals surface area contributed by atoms with Gasteiger partial charge < -0.3 is 14.8 Å². The summed E-state index contributed by atoms with van der Waals surface area (Å²) >= 11 is 0. The van der Waals surface area contributed by atoms with Crippen LogP contribution < -0.4 is 5.32 Å². The third-order valence-corrected chi connectivity index (χ3v) is 3.87. The van der Waals surface area contributed by atoms with Crippen molar-refractivity contribution in [2.45, 2.75) is 57.5 Å². The van der Waals surface area contributed by atoms with Gasteiger partial charge in [-0.1, -0.05) is 6.92 Å². The average Bonchev–Trinajstić information content (AvgIpc) is 2.68. The van der Waals surface area contributed by atoms with Crippen molar-refractivity contribution in [3.05, 3.63) is 0 Å². The highest BCUT2D eigenvalue weighted by Gasteiger charge is 2.34. The third kappa shape index (κ3) is 4.25. The highest BCUT2D eigenvalue weighted by Crippen LogP contribution is 2.32. The van der Waals surface area contributed by atoms with Crippen molar-refractivity contribution in [3.63, 3.8) is 0 Å². The maximum atomic E-state index is 11.7. The molecule has 2 aliphatic rings. The second kappa shape index (κ2) is 7.10. The van der Waals surface area contributed by atoms with Crippen LogP contribution in [0, 0.1) is 5.92 Å². The van der Waals surface area contributed by atoms with Gasteiger partial charge in [0.15, 0.2) is 0 Å². The second-order valence-electron chi connectivity index (χ2n) is 5.51. The fourth-order valence-electron chi connectivity index (χ4n) is 3.10. The van der Waals surface area contributed by atoms with E-state index in [1.54, 1.807) is 0 Å². The predicted molar refractivity (Wildman–Crippen MR) is 69.4 cm³/mol. The second-order valence-corrected chi connectivity index (χ2v) is 5.51. The molecule has 2 heterocycles. The number of nitrogens with one attached hydrogen (secondary N) is 1. The molecule has 2 unspecified atom stereocenters. The summed E-state index contributed by atoms with van der Waals surface area (Å²) in [5, 5.41) is 3.59. The lowest BCUT2D eigenvalue weighted by Gasteiger charge is -2.28. The molecule has 2 fully saturated rings. The van der Waals surface area contributed by atoms with Crippen molar-refractivity contribution in [2.75, 3.05) is 19.8 Å². The topological polar surface area (TPSA) is 47.6 Å². The zero-order valence-electron chi connectivity index (χ0n) is 11.3. The summed E-state index contributed by atoms with van der Waals surface area (Å²) < 4.78 is 10.5. The van der Waals surface area contributed by atoms with E-state index in [2.05, 4.69) is 12.2 Å². The minimum absolute atomic E-state index is 0.0543. The summed E-state index contributed by atoms with van der Waals surface area (Å²) in [5.74, 6) is 0.467. The van der Waals surface area contributed by atoms with Crippen LogP contribution in [0.15, 0.2) is 0 Å². The lowest BCUT2D eigenvalue weighted by Crippen LogP contribution is -2.38. The van der Waals surface area contributed by atoms with Crippen molar-refractivity contribution in [2.24, 2.45) is 5.92 Å². The van der Waals surface area contributed by atoms with Crippen molar-refractivity contribution in [3.8, 4) is 0 Å². The Balaban J connectivity index is 1.57. The summed E-state index contributed by atoms with van der Waals surface area (Å²) in [6.45, 7) is 3.74. The maximum Gasteiger partial charge on any atom is 0.306 e. The lowest BCUT2D eigenvalue weighted by atomic mass is 9.90. The highest BCUT2D eigenvalue weighted by atomic mass is 16.6. The summed E-state index contributed by atoms with van der Waals surface area (Å²) in [6, 6.07) is 1.30. The Labute approximate surface area is 109 Å². The Hall–Kier alpha value is -0.610. The van der Waals surface area contributed by atoms with Gasteiger partial charge in [-0.3, -0.25) is 4.79 Å². The van der Waals surface area contributed by atoms with Gasteiger partial charge >= 0.3 is 5.97 Å². The molecule has 0 aromatic heterocycles. The van der Waals surface area contributed by atoms with Crippen LogP contribution >= 0.6 is 0 Å². The molecule has 4 nitrogen and oxygen atoms in total. The molecule has 0 aliphatic carbocycles. The first-order chi connectivity index (χ1) is 8.78. The van der Waals surface area contributed by atoms with Crippen LogP contribution in [0.1, 0.15) is 45.4 Å². The molecule has 2 bridgehead atoms. The Bertz CT molecular complexity index is 258. The van der Waals surface area contributed by atoms with Gasteiger partial charge in [-0.2, -0.15) is 0 Å². The van der Waals surface area contributed by atoms with Crippen LogP contribution in [0.2, 0.25) is 0 Å². The first kappa shape index (κ1) is 13.8. The van der Waals surface area contributed by atoms with E-state index in [0.717, 1.165) is 25.9 Å². The summed E-state index contributed by atoms with van der Waals surface area (Å²) in [6.07, 6.45) is 6.42. The van der Waals surface area contributed by atoms with E-state index in [0.29, 0.717) is 37.6 Å². The van der Waals surface area contributed by atoms with Crippen LogP contribution in [0.25, 0.3) is 0 Å². The molecule has 2 rings (SSSR count). The number of hydrogen-bond acceptors (Lipinski definition) is 4. The molecular weight excluding hydrogens is 230 g/mol. The number of ether oxygens (including phenoxy) is 2. The first-order valence-corrected chi connectivity index (χ1v) is 7.27. The zero-order chi connectivity index (χ0) is 12.8. The average molecular weight is 255 g/mol. The molecule has 0 saturated carbocycles. The van der Waals surface area contributed by atoms with Gasteiger partial charge in [0.05, 0.1) is 6.61 Å².